The third-order valence-corrected chi connectivity index (χ3v) is 7.02. The number of nitrogens with zero attached hydrogens (tertiary/aromatic N) is 6. The SMILES string of the molecule is CN(C)C(OPOS(=O)(=O)OPOC(N(C)C)(N(C)C)N(C)C)(N(C)C)N(C)C. The summed E-state index contributed by atoms with van der Waals surface area (Å²) in [6, 6.07) is 0. The van der Waals surface area contributed by atoms with Crippen molar-refractivity contribution in [2.75, 3.05) is 84.6 Å². The van der Waals surface area contributed by atoms with Gasteiger partial charge in [-0.3, -0.25) is 38.4 Å². The van der Waals surface area contributed by atoms with E-state index in [0.717, 1.165) is 0 Å². The summed E-state index contributed by atoms with van der Waals surface area (Å²) in [5.41, 5.74) is 0. The average Bonchev–Trinajstić information content (AvgIpc) is 2.53. The van der Waals surface area contributed by atoms with Crippen LogP contribution in [0.15, 0.2) is 0 Å². The van der Waals surface area contributed by atoms with E-state index >= 15 is 0 Å². The monoisotopic (exact) mass is 480 g/mol. The van der Waals surface area contributed by atoms with Gasteiger partial charge in [-0.1, -0.05) is 0 Å². The predicted octanol–water partition coefficient (Wildman–Crippen LogP) is -0.0932. The predicted molar refractivity (Wildman–Crippen MR) is 117 cm³/mol. The molecule has 0 saturated heterocycles. The topological polar surface area (TPSA) is 90.5 Å². The van der Waals surface area contributed by atoms with E-state index in [4.69, 9.17) is 17.0 Å². The smallest absolute Gasteiger partial charge is 0.285 e. The summed E-state index contributed by atoms with van der Waals surface area (Å²) in [6.45, 7) is 0. The molecule has 2 atom stereocenters. The lowest BCUT2D eigenvalue weighted by molar-refractivity contribution is -0.243. The van der Waals surface area contributed by atoms with E-state index < -0.39 is 40.4 Å². The van der Waals surface area contributed by atoms with E-state index in [1.54, 1.807) is 29.4 Å². The minimum absolute atomic E-state index is 0.823. The molecule has 0 aromatic carbocycles. The average molecular weight is 481 g/mol. The van der Waals surface area contributed by atoms with Gasteiger partial charge in [-0.15, -0.1) is 0 Å². The van der Waals surface area contributed by atoms with Crippen molar-refractivity contribution < 1.29 is 25.4 Å². The molecule has 0 spiro atoms. The van der Waals surface area contributed by atoms with Crippen molar-refractivity contribution in [1.29, 1.82) is 0 Å². The van der Waals surface area contributed by atoms with Gasteiger partial charge in [-0.2, -0.15) is 16.4 Å². The fraction of sp³-hybridized carbons (Fsp3) is 1.00. The summed E-state index contributed by atoms with van der Waals surface area (Å²) in [5.74, 6) is -1.99. The molecule has 0 aliphatic rings. The van der Waals surface area contributed by atoms with Crippen LogP contribution in [0.25, 0.3) is 0 Å². The Morgan fingerprint density at radius 1 is 0.517 bits per heavy atom. The van der Waals surface area contributed by atoms with Crippen molar-refractivity contribution in [3.63, 3.8) is 0 Å². The molecular weight excluding hydrogens is 442 g/mol. The first kappa shape index (κ1) is 29.4. The molecule has 0 aliphatic carbocycles. The second-order valence-corrected chi connectivity index (χ2v) is 10.4. The standard InChI is InChI=1S/C14H38N6O6P2S/c1-15(2)13(16(3)4,17(5)6)23-27-25-29(21,22)26-28-24-14(18(7)8,19(9)10)20(11)12/h27-28H,1-12H3. The van der Waals surface area contributed by atoms with Crippen molar-refractivity contribution in [3.8, 4) is 0 Å². The van der Waals surface area contributed by atoms with Gasteiger partial charge in [0, 0.05) is 0 Å². The van der Waals surface area contributed by atoms with E-state index in [9.17, 15) is 8.42 Å². The zero-order valence-electron chi connectivity index (χ0n) is 19.5. The van der Waals surface area contributed by atoms with E-state index in [2.05, 4.69) is 0 Å². The molecule has 29 heavy (non-hydrogen) atoms. The summed E-state index contributed by atoms with van der Waals surface area (Å²) in [4.78, 5) is 10.8. The van der Waals surface area contributed by atoms with Crippen LogP contribution in [0.3, 0.4) is 0 Å². The van der Waals surface area contributed by atoms with Crippen LogP contribution in [0.1, 0.15) is 0 Å². The highest BCUT2D eigenvalue weighted by molar-refractivity contribution is 7.87. The molecule has 0 radical (unpaired) electrons. The maximum atomic E-state index is 12.1. The van der Waals surface area contributed by atoms with Crippen LogP contribution in [-0.2, 0) is 27.4 Å². The Morgan fingerprint density at radius 3 is 0.897 bits per heavy atom. The molecule has 2 unspecified atom stereocenters. The second-order valence-electron chi connectivity index (χ2n) is 7.46. The van der Waals surface area contributed by atoms with Crippen molar-refractivity contribution >= 4 is 28.5 Å². The van der Waals surface area contributed by atoms with E-state index in [1.165, 1.54) is 0 Å². The molecule has 0 fully saturated rings. The van der Waals surface area contributed by atoms with Gasteiger partial charge >= 0.3 is 10.4 Å². The van der Waals surface area contributed by atoms with E-state index in [1.807, 2.05) is 84.6 Å². The first-order chi connectivity index (χ1) is 13.1. The van der Waals surface area contributed by atoms with E-state index in [-0.39, 0.29) is 0 Å². The molecule has 0 N–H and O–H groups in total. The Balaban J connectivity index is 5.03. The molecule has 12 nitrogen and oxygen atoms in total. The lowest BCUT2D eigenvalue weighted by atomic mass is 10.5. The first-order valence-corrected chi connectivity index (χ1v) is 11.6. The largest absolute Gasteiger partial charge is 0.410 e. The van der Waals surface area contributed by atoms with Gasteiger partial charge in [0.1, 0.15) is 0 Å². The van der Waals surface area contributed by atoms with Gasteiger partial charge in [0.25, 0.3) is 0 Å². The van der Waals surface area contributed by atoms with Gasteiger partial charge in [-0.25, -0.2) is 0 Å². The van der Waals surface area contributed by atoms with Crippen LogP contribution in [0.5, 0.6) is 0 Å². The summed E-state index contributed by atoms with van der Waals surface area (Å²) in [7, 11) is 15.8. The van der Waals surface area contributed by atoms with Crippen molar-refractivity contribution in [2.45, 2.75) is 11.9 Å². The van der Waals surface area contributed by atoms with Gasteiger partial charge in [0.05, 0.1) is 0 Å². The first-order valence-electron chi connectivity index (χ1n) is 8.60. The minimum atomic E-state index is -4.32. The van der Waals surface area contributed by atoms with Crippen LogP contribution in [-0.4, -0.2) is 134 Å². The lowest BCUT2D eigenvalue weighted by Gasteiger charge is -2.47. The van der Waals surface area contributed by atoms with Crippen LogP contribution in [0, 0.1) is 0 Å². The van der Waals surface area contributed by atoms with Crippen molar-refractivity contribution in [2.24, 2.45) is 0 Å². The highest BCUT2D eigenvalue weighted by Gasteiger charge is 2.41. The Hall–Kier alpha value is 0.410. The summed E-state index contributed by atoms with van der Waals surface area (Å²) in [6.07, 6.45) is 0. The molecule has 0 aliphatic heterocycles. The number of hydrogen-bond donors (Lipinski definition) is 0. The lowest BCUT2D eigenvalue weighted by Crippen LogP contribution is -2.64. The highest BCUT2D eigenvalue weighted by Crippen LogP contribution is 2.35. The van der Waals surface area contributed by atoms with Gasteiger partial charge in [-0.05, 0) is 84.6 Å². The normalized spacial score (nSPS) is 15.2. The van der Waals surface area contributed by atoms with Crippen LogP contribution < -0.4 is 0 Å². The molecule has 0 aromatic rings. The van der Waals surface area contributed by atoms with Crippen molar-refractivity contribution in [1.82, 2.24) is 29.4 Å². The fourth-order valence-electron chi connectivity index (χ4n) is 3.19. The highest BCUT2D eigenvalue weighted by atomic mass is 32.3. The van der Waals surface area contributed by atoms with Gasteiger partial charge < -0.3 is 0 Å². The molecule has 0 aromatic heterocycles. The van der Waals surface area contributed by atoms with Crippen LogP contribution in [0.4, 0.5) is 0 Å². The molecule has 176 valence electrons. The Labute approximate surface area is 180 Å². The molecular formula is C14H38N6O6P2S. The maximum Gasteiger partial charge on any atom is 0.410 e. The third-order valence-electron chi connectivity index (χ3n) is 4.12. The number of hydrogen-bond acceptors (Lipinski definition) is 12. The van der Waals surface area contributed by atoms with Gasteiger partial charge in [0.2, 0.25) is 11.9 Å². The number of rotatable bonds is 14. The molecule has 0 amide bonds. The summed E-state index contributed by atoms with van der Waals surface area (Å²) in [5, 5.41) is 0. The molecule has 0 heterocycles. The second kappa shape index (κ2) is 11.9. The maximum absolute atomic E-state index is 12.1. The van der Waals surface area contributed by atoms with Crippen LogP contribution >= 0.6 is 18.1 Å². The van der Waals surface area contributed by atoms with Crippen molar-refractivity contribution in [3.05, 3.63) is 0 Å². The Kier molecular flexibility index (Phi) is 12.0. The fourth-order valence-corrected chi connectivity index (χ4v) is 5.89. The molecule has 0 saturated carbocycles. The van der Waals surface area contributed by atoms with E-state index in [0.29, 0.717) is 0 Å². The quantitative estimate of drug-likeness (QED) is 0.246. The zero-order valence-corrected chi connectivity index (χ0v) is 22.4. The minimum Gasteiger partial charge on any atom is -0.285 e. The molecule has 0 rings (SSSR count). The summed E-state index contributed by atoms with van der Waals surface area (Å²) >= 11 is 0. The Morgan fingerprint density at radius 2 is 0.724 bits per heavy atom. The molecule has 0 bridgehead atoms. The van der Waals surface area contributed by atoms with Gasteiger partial charge in [0.15, 0.2) is 18.1 Å². The van der Waals surface area contributed by atoms with Crippen LogP contribution in [0.2, 0.25) is 0 Å². The molecule has 15 heteroatoms. The zero-order chi connectivity index (χ0) is 23.2. The summed E-state index contributed by atoms with van der Waals surface area (Å²) < 4.78 is 45.6. The Bertz CT molecular complexity index is 504. The third kappa shape index (κ3) is 7.21.